The predicted molar refractivity (Wildman–Crippen MR) is 149 cm³/mol. The molecule has 0 saturated carbocycles. The van der Waals surface area contributed by atoms with Crippen molar-refractivity contribution in [1.29, 1.82) is 0 Å². The first-order valence-electron chi connectivity index (χ1n) is 13.6. The summed E-state index contributed by atoms with van der Waals surface area (Å²) < 4.78 is 30.1. The highest BCUT2D eigenvalue weighted by molar-refractivity contribution is 6.05. The first-order chi connectivity index (χ1) is 19.4. The molecular weight excluding hydrogens is 517 g/mol. The van der Waals surface area contributed by atoms with Crippen LogP contribution in [0.4, 0.5) is 9.18 Å². The molecule has 1 atom stereocenters. The number of urea groups is 1. The molecule has 0 bridgehead atoms. The number of hydrogen-bond acceptors (Lipinski definition) is 7. The molecule has 2 aromatic carbocycles. The summed E-state index contributed by atoms with van der Waals surface area (Å²) in [6.45, 7) is 6.25. The number of hydrazone groups is 1. The maximum Gasteiger partial charge on any atom is 0.317 e. The van der Waals surface area contributed by atoms with Gasteiger partial charge in [0.15, 0.2) is 0 Å². The summed E-state index contributed by atoms with van der Waals surface area (Å²) in [4.78, 5) is 30.6. The third-order valence-electron chi connectivity index (χ3n) is 7.07. The molecule has 11 heteroatoms. The van der Waals surface area contributed by atoms with Crippen molar-refractivity contribution in [2.45, 2.75) is 25.8 Å². The Bertz CT molecular complexity index is 1190. The van der Waals surface area contributed by atoms with E-state index in [1.807, 2.05) is 19.1 Å². The minimum absolute atomic E-state index is 0.145. The molecule has 3 amide bonds. The lowest BCUT2D eigenvalue weighted by atomic mass is 9.97. The number of ether oxygens (including phenoxy) is 3. The average molecular weight is 556 g/mol. The van der Waals surface area contributed by atoms with Crippen LogP contribution < -0.4 is 14.8 Å². The molecule has 0 aromatic heterocycles. The number of benzene rings is 2. The van der Waals surface area contributed by atoms with E-state index in [1.54, 1.807) is 32.4 Å². The molecule has 1 N–H and O–H groups in total. The molecule has 0 radical (unpaired) electrons. The minimum atomic E-state index is -0.463. The Morgan fingerprint density at radius 2 is 1.88 bits per heavy atom. The van der Waals surface area contributed by atoms with Crippen LogP contribution in [0, 0.1) is 5.82 Å². The molecular formula is C29H38FN5O5. The Labute approximate surface area is 234 Å². The van der Waals surface area contributed by atoms with Crippen molar-refractivity contribution in [1.82, 2.24) is 20.1 Å². The van der Waals surface area contributed by atoms with Crippen LogP contribution >= 0.6 is 0 Å². The molecule has 2 aliphatic rings. The summed E-state index contributed by atoms with van der Waals surface area (Å²) in [7, 11) is 3.14. The standard InChI is InChI=1S/C29H38FN5O5/c1-4-11-31-29(37)34(13-12-33-14-16-40-17-15-33)20-28(36)35-26(21-5-7-22(30)8-6-21)19-25(32-35)24-10-9-23(38-2)18-27(24)39-3/h5-10,18,26H,4,11-17,19-20H2,1-3H3,(H,31,37)/t26-/m1/s1. The Hall–Kier alpha value is -3.70. The molecule has 2 aromatic rings. The van der Waals surface area contributed by atoms with E-state index in [9.17, 15) is 14.0 Å². The molecule has 0 aliphatic carbocycles. The number of hydrogen-bond donors (Lipinski definition) is 1. The van der Waals surface area contributed by atoms with Crippen LogP contribution in [0.5, 0.6) is 11.5 Å². The normalized spacial score (nSPS) is 17.4. The van der Waals surface area contributed by atoms with Crippen LogP contribution in [0.1, 0.15) is 36.9 Å². The SMILES string of the molecule is CCCNC(=O)N(CCN1CCOCC1)CC(=O)N1N=C(c2ccc(OC)cc2OC)C[C@@H]1c1ccc(F)cc1. The van der Waals surface area contributed by atoms with Gasteiger partial charge in [0.05, 0.1) is 39.2 Å². The summed E-state index contributed by atoms with van der Waals surface area (Å²) in [6.07, 6.45) is 1.18. The van der Waals surface area contributed by atoms with Gasteiger partial charge in [0, 0.05) is 50.8 Å². The number of carbonyl (C=O) groups excluding carboxylic acids is 2. The molecule has 216 valence electrons. The van der Waals surface area contributed by atoms with Gasteiger partial charge in [-0.05, 0) is 36.2 Å². The molecule has 2 aliphatic heterocycles. The van der Waals surface area contributed by atoms with Crippen LogP contribution in [0.15, 0.2) is 47.6 Å². The highest BCUT2D eigenvalue weighted by Crippen LogP contribution is 2.36. The van der Waals surface area contributed by atoms with Gasteiger partial charge in [-0.25, -0.2) is 14.2 Å². The van der Waals surface area contributed by atoms with Gasteiger partial charge in [-0.3, -0.25) is 9.69 Å². The van der Waals surface area contributed by atoms with Crippen LogP contribution in [0.3, 0.4) is 0 Å². The number of amides is 3. The van der Waals surface area contributed by atoms with Crippen molar-refractivity contribution < 1.29 is 28.2 Å². The molecule has 1 fully saturated rings. The Morgan fingerprint density at radius 1 is 1.12 bits per heavy atom. The monoisotopic (exact) mass is 555 g/mol. The third-order valence-corrected chi connectivity index (χ3v) is 7.07. The number of halogens is 1. The summed E-state index contributed by atoms with van der Waals surface area (Å²) in [5.41, 5.74) is 2.13. The zero-order chi connectivity index (χ0) is 28.5. The second-order valence-electron chi connectivity index (χ2n) is 9.73. The molecule has 0 spiro atoms. The molecule has 1 saturated heterocycles. The van der Waals surface area contributed by atoms with Gasteiger partial charge >= 0.3 is 6.03 Å². The number of nitrogens with zero attached hydrogens (tertiary/aromatic N) is 4. The van der Waals surface area contributed by atoms with E-state index in [4.69, 9.17) is 19.3 Å². The van der Waals surface area contributed by atoms with E-state index in [2.05, 4.69) is 10.2 Å². The number of nitrogens with one attached hydrogen (secondary N) is 1. The maximum atomic E-state index is 13.8. The lowest BCUT2D eigenvalue weighted by Gasteiger charge is -2.31. The molecule has 2 heterocycles. The van der Waals surface area contributed by atoms with Crippen LogP contribution in [-0.2, 0) is 9.53 Å². The predicted octanol–water partition coefficient (Wildman–Crippen LogP) is 3.27. The first kappa shape index (κ1) is 29.3. The average Bonchev–Trinajstić information content (AvgIpc) is 3.44. The molecule has 10 nitrogen and oxygen atoms in total. The van der Waals surface area contributed by atoms with Crippen molar-refractivity contribution >= 4 is 17.6 Å². The van der Waals surface area contributed by atoms with Gasteiger partial charge < -0.3 is 24.4 Å². The summed E-state index contributed by atoms with van der Waals surface area (Å²) >= 11 is 0. The maximum absolute atomic E-state index is 13.8. The minimum Gasteiger partial charge on any atom is -0.497 e. The van der Waals surface area contributed by atoms with Crippen molar-refractivity contribution in [3.63, 3.8) is 0 Å². The first-order valence-corrected chi connectivity index (χ1v) is 13.6. The van der Waals surface area contributed by atoms with E-state index in [0.29, 0.717) is 56.5 Å². The van der Waals surface area contributed by atoms with Crippen LogP contribution in [0.25, 0.3) is 0 Å². The largest absolute Gasteiger partial charge is 0.497 e. The van der Waals surface area contributed by atoms with Gasteiger partial charge in [-0.2, -0.15) is 5.10 Å². The Kier molecular flexibility index (Phi) is 10.3. The number of carbonyl (C=O) groups is 2. The van der Waals surface area contributed by atoms with Gasteiger partial charge in [0.1, 0.15) is 23.9 Å². The molecule has 4 rings (SSSR count). The van der Waals surface area contributed by atoms with Crippen molar-refractivity contribution in [3.8, 4) is 11.5 Å². The third kappa shape index (κ3) is 7.28. The zero-order valence-electron chi connectivity index (χ0n) is 23.4. The van der Waals surface area contributed by atoms with Crippen molar-refractivity contribution in [2.75, 3.05) is 66.7 Å². The number of rotatable bonds is 11. The summed E-state index contributed by atoms with van der Waals surface area (Å²) in [5, 5.41) is 9.04. The fourth-order valence-electron chi connectivity index (χ4n) is 4.80. The van der Waals surface area contributed by atoms with E-state index in [0.717, 1.165) is 30.6 Å². The smallest absolute Gasteiger partial charge is 0.317 e. The van der Waals surface area contributed by atoms with Gasteiger partial charge in [-0.15, -0.1) is 0 Å². The van der Waals surface area contributed by atoms with E-state index < -0.39 is 6.04 Å². The van der Waals surface area contributed by atoms with E-state index in [1.165, 1.54) is 22.0 Å². The fourth-order valence-corrected chi connectivity index (χ4v) is 4.80. The van der Waals surface area contributed by atoms with Gasteiger partial charge in [-0.1, -0.05) is 19.1 Å². The summed E-state index contributed by atoms with van der Waals surface area (Å²) in [6, 6.07) is 10.7. The second kappa shape index (κ2) is 14.1. The van der Waals surface area contributed by atoms with Crippen LogP contribution in [-0.4, -0.2) is 99.2 Å². The van der Waals surface area contributed by atoms with Gasteiger partial charge in [0.2, 0.25) is 0 Å². The Morgan fingerprint density at radius 3 is 2.55 bits per heavy atom. The number of methoxy groups -OCH3 is 2. The topological polar surface area (TPSA) is 95.9 Å². The zero-order valence-corrected chi connectivity index (χ0v) is 23.4. The van der Waals surface area contributed by atoms with Crippen LogP contribution in [0.2, 0.25) is 0 Å². The second-order valence-corrected chi connectivity index (χ2v) is 9.73. The Balaban J connectivity index is 1.59. The van der Waals surface area contributed by atoms with E-state index in [-0.39, 0.29) is 24.3 Å². The fraction of sp³-hybridized carbons (Fsp3) is 0.483. The van der Waals surface area contributed by atoms with Gasteiger partial charge in [0.25, 0.3) is 5.91 Å². The lowest BCUT2D eigenvalue weighted by Crippen LogP contribution is -2.49. The molecule has 0 unspecified atom stereocenters. The highest BCUT2D eigenvalue weighted by Gasteiger charge is 2.35. The highest BCUT2D eigenvalue weighted by atomic mass is 19.1. The van der Waals surface area contributed by atoms with Crippen molar-refractivity contribution in [2.24, 2.45) is 5.10 Å². The lowest BCUT2D eigenvalue weighted by molar-refractivity contribution is -0.133. The van der Waals surface area contributed by atoms with Crippen molar-refractivity contribution in [3.05, 3.63) is 59.4 Å². The number of morpholine rings is 1. The quantitative estimate of drug-likeness (QED) is 0.457. The summed E-state index contributed by atoms with van der Waals surface area (Å²) in [5.74, 6) is 0.512. The van der Waals surface area contributed by atoms with E-state index >= 15 is 0 Å². The molecule has 40 heavy (non-hydrogen) atoms.